The third kappa shape index (κ3) is 3.77. The molecule has 3 atom stereocenters. The van der Waals surface area contributed by atoms with Crippen LogP contribution in [0.15, 0.2) is 0 Å². The molecular weight excluding hydrogens is 264 g/mol. The summed E-state index contributed by atoms with van der Waals surface area (Å²) in [6.45, 7) is 8.35. The Morgan fingerprint density at radius 1 is 1.43 bits per heavy atom. The van der Waals surface area contributed by atoms with Crippen LogP contribution in [0.4, 0.5) is 4.79 Å². The summed E-state index contributed by atoms with van der Waals surface area (Å²) in [5, 5.41) is 10.6. The second-order valence-corrected chi connectivity index (χ2v) is 6.51. The lowest BCUT2D eigenvalue weighted by molar-refractivity contribution is 0.231. The van der Waals surface area contributed by atoms with E-state index in [-0.39, 0.29) is 12.1 Å². The summed E-state index contributed by atoms with van der Waals surface area (Å²) in [6, 6.07) is 0.391. The number of hydrogen-bond donors (Lipinski definition) is 2. The molecule has 5 heteroatoms. The molecule has 2 amide bonds. The monoisotopic (exact) mass is 292 g/mol. The van der Waals surface area contributed by atoms with Gasteiger partial charge in [0.25, 0.3) is 0 Å². The molecule has 1 heterocycles. The van der Waals surface area contributed by atoms with Gasteiger partial charge >= 0.3 is 6.03 Å². The zero-order valence-electron chi connectivity index (χ0n) is 13.9. The van der Waals surface area contributed by atoms with E-state index in [1.165, 1.54) is 24.1 Å². The third-order valence-electron chi connectivity index (χ3n) is 4.72. The van der Waals surface area contributed by atoms with Crippen molar-refractivity contribution >= 4 is 6.03 Å². The van der Waals surface area contributed by atoms with Crippen molar-refractivity contribution in [1.82, 2.24) is 20.4 Å². The van der Waals surface area contributed by atoms with E-state index in [1.807, 2.05) is 25.6 Å². The third-order valence-corrected chi connectivity index (χ3v) is 4.72. The van der Waals surface area contributed by atoms with Crippen molar-refractivity contribution in [3.05, 3.63) is 17.0 Å². The van der Waals surface area contributed by atoms with Gasteiger partial charge in [-0.3, -0.25) is 4.68 Å². The number of carbonyl (C=O) groups excluding carboxylic acids is 1. The van der Waals surface area contributed by atoms with Crippen LogP contribution in [0.5, 0.6) is 0 Å². The molecular formula is C16H28N4O. The number of amides is 2. The van der Waals surface area contributed by atoms with E-state index in [2.05, 4.69) is 29.6 Å². The maximum absolute atomic E-state index is 12.1. The van der Waals surface area contributed by atoms with Crippen molar-refractivity contribution in [2.45, 2.75) is 65.5 Å². The van der Waals surface area contributed by atoms with Crippen LogP contribution >= 0.6 is 0 Å². The molecule has 1 aromatic rings. The molecule has 1 aliphatic carbocycles. The quantitative estimate of drug-likeness (QED) is 0.895. The smallest absolute Gasteiger partial charge is 0.315 e. The molecule has 5 nitrogen and oxygen atoms in total. The topological polar surface area (TPSA) is 59.0 Å². The first-order valence-electron chi connectivity index (χ1n) is 7.94. The summed E-state index contributed by atoms with van der Waals surface area (Å²) in [5.41, 5.74) is 3.46. The molecule has 2 rings (SSSR count). The van der Waals surface area contributed by atoms with E-state index >= 15 is 0 Å². The van der Waals surface area contributed by atoms with Crippen molar-refractivity contribution in [2.75, 3.05) is 0 Å². The molecule has 2 N–H and O–H groups in total. The molecule has 0 radical (unpaired) electrons. The molecule has 0 saturated heterocycles. The van der Waals surface area contributed by atoms with Crippen molar-refractivity contribution < 1.29 is 4.79 Å². The number of aromatic nitrogens is 2. The average molecular weight is 292 g/mol. The fourth-order valence-corrected chi connectivity index (χ4v) is 3.26. The highest BCUT2D eigenvalue weighted by Gasteiger charge is 2.25. The fourth-order valence-electron chi connectivity index (χ4n) is 3.26. The Bertz CT molecular complexity index is 509. The summed E-state index contributed by atoms with van der Waals surface area (Å²) in [7, 11) is 1.96. The Hall–Kier alpha value is -1.52. The van der Waals surface area contributed by atoms with E-state index in [9.17, 15) is 4.79 Å². The van der Waals surface area contributed by atoms with Gasteiger partial charge in [-0.25, -0.2) is 4.79 Å². The molecule has 1 aromatic heterocycles. The number of urea groups is 1. The van der Waals surface area contributed by atoms with E-state index < -0.39 is 0 Å². The van der Waals surface area contributed by atoms with Gasteiger partial charge in [0.05, 0.1) is 5.69 Å². The van der Waals surface area contributed by atoms with Crippen LogP contribution < -0.4 is 10.6 Å². The normalized spacial score (nSPS) is 23.1. The van der Waals surface area contributed by atoms with Crippen molar-refractivity contribution in [3.63, 3.8) is 0 Å². The minimum Gasteiger partial charge on any atom is -0.335 e. The zero-order chi connectivity index (χ0) is 15.6. The number of hydrogen-bond acceptors (Lipinski definition) is 2. The number of nitrogens with one attached hydrogen (secondary N) is 2. The number of carbonyl (C=O) groups is 1. The zero-order valence-corrected chi connectivity index (χ0v) is 13.9. The minimum absolute atomic E-state index is 0.0413. The van der Waals surface area contributed by atoms with Crippen LogP contribution in [0, 0.1) is 19.8 Å². The molecule has 1 saturated carbocycles. The van der Waals surface area contributed by atoms with Gasteiger partial charge in [0, 0.05) is 24.8 Å². The van der Waals surface area contributed by atoms with E-state index in [1.54, 1.807) is 0 Å². The highest BCUT2D eigenvalue weighted by atomic mass is 16.2. The van der Waals surface area contributed by atoms with Crippen molar-refractivity contribution in [3.8, 4) is 0 Å². The molecule has 1 aliphatic rings. The second-order valence-electron chi connectivity index (χ2n) is 6.51. The number of rotatable bonds is 4. The molecule has 1 fully saturated rings. The highest BCUT2D eigenvalue weighted by Crippen LogP contribution is 2.24. The van der Waals surface area contributed by atoms with Gasteiger partial charge in [0.2, 0.25) is 0 Å². The van der Waals surface area contributed by atoms with Crippen LogP contribution in [0.1, 0.15) is 50.1 Å². The Kier molecular flexibility index (Phi) is 4.91. The van der Waals surface area contributed by atoms with E-state index in [4.69, 9.17) is 0 Å². The minimum atomic E-state index is -0.0413. The van der Waals surface area contributed by atoms with Crippen LogP contribution in [0.25, 0.3) is 0 Å². The lowest BCUT2D eigenvalue weighted by Gasteiger charge is -2.20. The first-order chi connectivity index (χ1) is 9.88. The standard InChI is InChI=1S/C16H28N4O/c1-10-7-6-8-15(10)18-16(21)17-11(2)9-14-12(3)19-20(5)13(14)4/h10-11,15H,6-9H2,1-5H3,(H2,17,18,21)/t10-,11-,15-/m0/s1. The lowest BCUT2D eigenvalue weighted by Crippen LogP contribution is -2.46. The van der Waals surface area contributed by atoms with Gasteiger partial charge < -0.3 is 10.6 Å². The maximum Gasteiger partial charge on any atom is 0.315 e. The molecule has 21 heavy (non-hydrogen) atoms. The van der Waals surface area contributed by atoms with Gasteiger partial charge in [-0.05, 0) is 51.5 Å². The predicted molar refractivity (Wildman–Crippen MR) is 84.3 cm³/mol. The van der Waals surface area contributed by atoms with E-state index in [0.717, 1.165) is 18.5 Å². The van der Waals surface area contributed by atoms with E-state index in [0.29, 0.717) is 12.0 Å². The first-order valence-corrected chi connectivity index (χ1v) is 7.94. The lowest BCUT2D eigenvalue weighted by atomic mass is 10.1. The van der Waals surface area contributed by atoms with Crippen LogP contribution in [0.3, 0.4) is 0 Å². The Morgan fingerprint density at radius 3 is 2.67 bits per heavy atom. The second kappa shape index (κ2) is 6.50. The predicted octanol–water partition coefficient (Wildman–Crippen LogP) is 2.46. The Balaban J connectivity index is 1.86. The van der Waals surface area contributed by atoms with Crippen LogP contribution in [-0.4, -0.2) is 27.9 Å². The Morgan fingerprint density at radius 2 is 2.14 bits per heavy atom. The fraction of sp³-hybridized carbons (Fsp3) is 0.750. The molecule has 0 bridgehead atoms. The van der Waals surface area contributed by atoms with Crippen LogP contribution in [-0.2, 0) is 13.5 Å². The summed E-state index contributed by atoms with van der Waals surface area (Å²) >= 11 is 0. The summed E-state index contributed by atoms with van der Waals surface area (Å²) in [4.78, 5) is 12.1. The summed E-state index contributed by atoms with van der Waals surface area (Å²) in [6.07, 6.45) is 4.35. The van der Waals surface area contributed by atoms with Gasteiger partial charge in [0.1, 0.15) is 0 Å². The van der Waals surface area contributed by atoms with Crippen molar-refractivity contribution in [1.29, 1.82) is 0 Å². The highest BCUT2D eigenvalue weighted by molar-refractivity contribution is 5.74. The van der Waals surface area contributed by atoms with Crippen molar-refractivity contribution in [2.24, 2.45) is 13.0 Å². The summed E-state index contributed by atoms with van der Waals surface area (Å²) in [5.74, 6) is 0.592. The largest absolute Gasteiger partial charge is 0.335 e. The van der Waals surface area contributed by atoms with Gasteiger partial charge in [0.15, 0.2) is 0 Å². The average Bonchev–Trinajstić information content (AvgIpc) is 2.89. The first kappa shape index (κ1) is 15.9. The SMILES string of the molecule is Cc1nn(C)c(C)c1C[C@H](C)NC(=O)N[C@H]1CCC[C@@H]1C. The molecule has 118 valence electrons. The maximum atomic E-state index is 12.1. The molecule has 0 spiro atoms. The summed E-state index contributed by atoms with van der Waals surface area (Å²) < 4.78 is 1.90. The van der Waals surface area contributed by atoms with Gasteiger partial charge in [-0.1, -0.05) is 13.3 Å². The molecule has 0 aliphatic heterocycles. The molecule has 0 unspecified atom stereocenters. The van der Waals surface area contributed by atoms with Gasteiger partial charge in [-0.15, -0.1) is 0 Å². The van der Waals surface area contributed by atoms with Crippen LogP contribution in [0.2, 0.25) is 0 Å². The molecule has 0 aromatic carbocycles. The Labute approximate surface area is 127 Å². The number of aryl methyl sites for hydroxylation is 2. The van der Waals surface area contributed by atoms with Gasteiger partial charge in [-0.2, -0.15) is 5.10 Å². The number of nitrogens with zero attached hydrogens (tertiary/aromatic N) is 2.